The van der Waals surface area contributed by atoms with Crippen molar-refractivity contribution in [1.29, 1.82) is 0 Å². The third-order valence-electron chi connectivity index (χ3n) is 4.43. The van der Waals surface area contributed by atoms with Crippen molar-refractivity contribution in [3.8, 4) is 0 Å². The summed E-state index contributed by atoms with van der Waals surface area (Å²) in [6, 6.07) is 6.11. The molecule has 0 radical (unpaired) electrons. The smallest absolute Gasteiger partial charge is 0.341 e. The number of nitrogens with one attached hydrogen (secondary N) is 1. The Balaban J connectivity index is 1.86. The number of thiophene rings is 1. The molecule has 8 nitrogen and oxygen atoms in total. The van der Waals surface area contributed by atoms with Gasteiger partial charge >= 0.3 is 5.97 Å². The molecule has 1 amide bonds. The Kier molecular flexibility index (Phi) is 5.52. The number of esters is 1. The van der Waals surface area contributed by atoms with Crippen LogP contribution in [0.15, 0.2) is 24.3 Å². The maximum Gasteiger partial charge on any atom is 0.341 e. The quantitative estimate of drug-likeness (QED) is 0.479. The van der Waals surface area contributed by atoms with Crippen LogP contribution in [0.5, 0.6) is 0 Å². The van der Waals surface area contributed by atoms with Crippen LogP contribution >= 0.6 is 11.3 Å². The summed E-state index contributed by atoms with van der Waals surface area (Å²) in [5.74, 6) is -0.903. The molecule has 142 valence electrons. The molecule has 0 bridgehead atoms. The first-order valence-corrected chi connectivity index (χ1v) is 9.16. The fourth-order valence-electron chi connectivity index (χ4n) is 3.12. The van der Waals surface area contributed by atoms with E-state index in [-0.39, 0.29) is 12.1 Å². The van der Waals surface area contributed by atoms with Crippen molar-refractivity contribution in [3.05, 3.63) is 55.9 Å². The maximum atomic E-state index is 12.5. The Morgan fingerprint density at radius 3 is 2.81 bits per heavy atom. The first-order chi connectivity index (χ1) is 12.9. The van der Waals surface area contributed by atoms with Gasteiger partial charge in [0.25, 0.3) is 5.69 Å². The highest BCUT2D eigenvalue weighted by molar-refractivity contribution is 7.17. The van der Waals surface area contributed by atoms with Crippen LogP contribution in [-0.4, -0.2) is 42.4 Å². The third-order valence-corrected chi connectivity index (χ3v) is 5.56. The van der Waals surface area contributed by atoms with Crippen molar-refractivity contribution in [2.45, 2.75) is 19.4 Å². The molecule has 0 spiro atoms. The van der Waals surface area contributed by atoms with E-state index in [1.54, 1.807) is 18.2 Å². The number of fused-ring (bicyclic) bond motifs is 1. The zero-order valence-electron chi connectivity index (χ0n) is 15.0. The first-order valence-electron chi connectivity index (χ1n) is 8.34. The van der Waals surface area contributed by atoms with Crippen molar-refractivity contribution in [3.63, 3.8) is 0 Å². The molecule has 1 aliphatic rings. The third kappa shape index (κ3) is 3.99. The Bertz CT molecular complexity index is 908. The average Bonchev–Trinajstić information content (AvgIpc) is 2.97. The number of para-hydroxylation sites is 1. The van der Waals surface area contributed by atoms with E-state index >= 15 is 0 Å². The van der Waals surface area contributed by atoms with Crippen LogP contribution in [-0.2, 0) is 28.9 Å². The van der Waals surface area contributed by atoms with Gasteiger partial charge in [-0.3, -0.25) is 14.9 Å². The number of hydrogen-bond donors (Lipinski definition) is 1. The van der Waals surface area contributed by atoms with Crippen molar-refractivity contribution in [1.82, 2.24) is 4.90 Å². The number of carbonyl (C=O) groups is 2. The fourth-order valence-corrected chi connectivity index (χ4v) is 4.45. The van der Waals surface area contributed by atoms with E-state index < -0.39 is 16.8 Å². The second kappa shape index (κ2) is 7.85. The minimum Gasteiger partial charge on any atom is -0.465 e. The molecule has 0 unspecified atom stereocenters. The van der Waals surface area contributed by atoms with Gasteiger partial charge in [-0.25, -0.2) is 4.79 Å². The molecule has 2 heterocycles. The SMILES string of the molecule is COC(=O)c1c(NC(=O)Cc2ccccc2[N+](=O)[O-])sc2c1CCN(C)C2. The zero-order valence-corrected chi connectivity index (χ0v) is 15.8. The zero-order chi connectivity index (χ0) is 19.6. The van der Waals surface area contributed by atoms with Crippen LogP contribution in [0.1, 0.15) is 26.4 Å². The van der Waals surface area contributed by atoms with Gasteiger partial charge in [-0.1, -0.05) is 18.2 Å². The van der Waals surface area contributed by atoms with Crippen LogP contribution in [0.25, 0.3) is 0 Å². The van der Waals surface area contributed by atoms with Crippen LogP contribution in [0.3, 0.4) is 0 Å². The number of nitrogens with zero attached hydrogens (tertiary/aromatic N) is 2. The van der Waals surface area contributed by atoms with Crippen LogP contribution in [0, 0.1) is 10.1 Å². The molecule has 0 aliphatic carbocycles. The minimum absolute atomic E-state index is 0.104. The van der Waals surface area contributed by atoms with Gasteiger partial charge in [0.1, 0.15) is 5.00 Å². The number of ether oxygens (including phenoxy) is 1. The summed E-state index contributed by atoms with van der Waals surface area (Å²) < 4.78 is 4.89. The monoisotopic (exact) mass is 389 g/mol. The highest BCUT2D eigenvalue weighted by atomic mass is 32.1. The Labute approximate surface area is 159 Å². The standard InChI is InChI=1S/C18H19N3O5S/c1-20-8-7-12-14(10-20)27-17(16(12)18(23)26-2)19-15(22)9-11-5-3-4-6-13(11)21(24)25/h3-6H,7-10H2,1-2H3,(H,19,22). The van der Waals surface area contributed by atoms with Crippen molar-refractivity contribution in [2.24, 2.45) is 0 Å². The molecular weight excluding hydrogens is 370 g/mol. The first kappa shape index (κ1) is 19.0. The minimum atomic E-state index is -0.512. The summed E-state index contributed by atoms with van der Waals surface area (Å²) in [6.45, 7) is 1.52. The topological polar surface area (TPSA) is 102 Å². The summed E-state index contributed by atoms with van der Waals surface area (Å²) >= 11 is 1.35. The number of likely N-dealkylation sites (N-methyl/N-ethyl adjacent to an activating group) is 1. The number of amides is 1. The number of benzene rings is 1. The molecule has 2 aromatic rings. The molecule has 0 fully saturated rings. The summed E-state index contributed by atoms with van der Waals surface area (Å²) in [5, 5.41) is 14.3. The van der Waals surface area contributed by atoms with Crippen LogP contribution < -0.4 is 5.32 Å². The number of nitro benzene ring substituents is 1. The van der Waals surface area contributed by atoms with Gasteiger partial charge in [-0.05, 0) is 19.0 Å². The fraction of sp³-hybridized carbons (Fsp3) is 0.333. The maximum absolute atomic E-state index is 12.5. The number of nitro groups is 1. The molecule has 9 heteroatoms. The summed E-state index contributed by atoms with van der Waals surface area (Å²) in [5.41, 5.74) is 1.51. The molecule has 0 saturated carbocycles. The molecule has 1 N–H and O–H groups in total. The second-order valence-electron chi connectivity index (χ2n) is 6.30. The van der Waals surface area contributed by atoms with Gasteiger partial charge in [0.15, 0.2) is 0 Å². The van der Waals surface area contributed by atoms with Crippen molar-refractivity contribution < 1.29 is 19.2 Å². The summed E-state index contributed by atoms with van der Waals surface area (Å²) in [7, 11) is 3.30. The Morgan fingerprint density at radius 1 is 1.37 bits per heavy atom. The predicted octanol–water partition coefficient (Wildman–Crippen LogP) is 2.61. The molecule has 0 saturated heterocycles. The van der Waals surface area contributed by atoms with Gasteiger partial charge in [0.2, 0.25) is 5.91 Å². The number of rotatable bonds is 5. The molecule has 0 atom stereocenters. The van der Waals surface area contributed by atoms with E-state index in [1.807, 2.05) is 7.05 Å². The summed E-state index contributed by atoms with van der Waals surface area (Å²) in [6.07, 6.45) is 0.549. The number of carbonyl (C=O) groups excluding carboxylic acids is 2. The van der Waals surface area contributed by atoms with Crippen LogP contribution in [0.2, 0.25) is 0 Å². The Morgan fingerprint density at radius 2 is 2.11 bits per heavy atom. The van der Waals surface area contributed by atoms with Crippen molar-refractivity contribution >= 4 is 33.9 Å². The van der Waals surface area contributed by atoms with Gasteiger partial charge in [-0.15, -0.1) is 11.3 Å². The predicted molar refractivity (Wildman–Crippen MR) is 101 cm³/mol. The molecule has 1 aromatic carbocycles. The van der Waals surface area contributed by atoms with E-state index in [9.17, 15) is 19.7 Å². The van der Waals surface area contributed by atoms with Gasteiger partial charge in [-0.2, -0.15) is 0 Å². The largest absolute Gasteiger partial charge is 0.465 e. The van der Waals surface area contributed by atoms with Gasteiger partial charge < -0.3 is 15.0 Å². The van der Waals surface area contributed by atoms with E-state index in [1.165, 1.54) is 24.5 Å². The van der Waals surface area contributed by atoms with E-state index in [4.69, 9.17) is 4.74 Å². The number of hydrogen-bond acceptors (Lipinski definition) is 7. The highest BCUT2D eigenvalue weighted by Gasteiger charge is 2.28. The average molecular weight is 389 g/mol. The van der Waals surface area contributed by atoms with E-state index in [0.717, 1.165) is 17.0 Å². The lowest BCUT2D eigenvalue weighted by Crippen LogP contribution is -2.26. The lowest BCUT2D eigenvalue weighted by atomic mass is 10.0. The van der Waals surface area contributed by atoms with E-state index in [2.05, 4.69) is 10.2 Å². The van der Waals surface area contributed by atoms with Crippen LogP contribution in [0.4, 0.5) is 10.7 Å². The van der Waals surface area contributed by atoms with E-state index in [0.29, 0.717) is 29.1 Å². The normalized spacial score (nSPS) is 13.7. The number of methoxy groups -OCH3 is 1. The second-order valence-corrected chi connectivity index (χ2v) is 7.40. The lowest BCUT2D eigenvalue weighted by molar-refractivity contribution is -0.385. The highest BCUT2D eigenvalue weighted by Crippen LogP contribution is 2.37. The lowest BCUT2D eigenvalue weighted by Gasteiger charge is -2.22. The van der Waals surface area contributed by atoms with Gasteiger partial charge in [0.05, 0.1) is 24.0 Å². The molecule has 1 aliphatic heterocycles. The Hall–Kier alpha value is -2.78. The molecule has 3 rings (SSSR count). The molecule has 1 aromatic heterocycles. The summed E-state index contributed by atoms with van der Waals surface area (Å²) in [4.78, 5) is 38.5. The number of anilines is 1. The van der Waals surface area contributed by atoms with Crippen molar-refractivity contribution in [2.75, 3.05) is 26.0 Å². The van der Waals surface area contributed by atoms with Gasteiger partial charge in [0, 0.05) is 29.6 Å². The molecular formula is C18H19N3O5S. The molecule has 27 heavy (non-hydrogen) atoms.